The van der Waals surface area contributed by atoms with Crippen molar-refractivity contribution >= 4 is 18.1 Å². The van der Waals surface area contributed by atoms with Crippen LogP contribution in [0.1, 0.15) is 6.42 Å². The van der Waals surface area contributed by atoms with Gasteiger partial charge in [0.25, 0.3) is 0 Å². The van der Waals surface area contributed by atoms with Crippen LogP contribution >= 0.6 is 0 Å². The van der Waals surface area contributed by atoms with E-state index < -0.39 is 0 Å². The second kappa shape index (κ2) is 2.33. The zero-order valence-corrected chi connectivity index (χ0v) is 5.70. The standard InChI is InChI=1S/C7H9N3/c1-2-8-5-7-6(1)9-3-4-10-7/h2-3,6H,1,4-5H2. The van der Waals surface area contributed by atoms with Crippen LogP contribution in [-0.2, 0) is 0 Å². The monoisotopic (exact) mass is 135 g/mol. The van der Waals surface area contributed by atoms with Crippen molar-refractivity contribution in [2.24, 2.45) is 15.0 Å². The Bertz CT molecular complexity index is 215. The first kappa shape index (κ1) is 5.77. The predicted octanol–water partition coefficient (Wildman–Crippen LogP) is 0.355. The van der Waals surface area contributed by atoms with Gasteiger partial charge in [-0.25, -0.2) is 0 Å². The minimum atomic E-state index is 0.325. The molecule has 0 saturated carbocycles. The van der Waals surface area contributed by atoms with Gasteiger partial charge in [0.1, 0.15) is 0 Å². The predicted molar refractivity (Wildman–Crippen MR) is 42.6 cm³/mol. The summed E-state index contributed by atoms with van der Waals surface area (Å²) in [6, 6.07) is 0.325. The third-order valence-corrected chi connectivity index (χ3v) is 1.76. The number of hydrogen-bond donors (Lipinski definition) is 0. The highest BCUT2D eigenvalue weighted by atomic mass is 14.9. The molecule has 0 aliphatic carbocycles. The molecule has 1 atom stereocenters. The van der Waals surface area contributed by atoms with Crippen LogP contribution in [0.4, 0.5) is 0 Å². The summed E-state index contributed by atoms with van der Waals surface area (Å²) >= 11 is 0. The summed E-state index contributed by atoms with van der Waals surface area (Å²) in [7, 11) is 0. The molecule has 0 radical (unpaired) electrons. The largest absolute Gasteiger partial charge is 0.291 e. The SMILES string of the molecule is C1=NCC2=NCC=NC2C1. The average Bonchev–Trinajstić information content (AvgIpc) is 2.05. The molecule has 0 bridgehead atoms. The zero-order valence-electron chi connectivity index (χ0n) is 5.70. The Balaban J connectivity index is 2.23. The Kier molecular flexibility index (Phi) is 1.34. The second-order valence-corrected chi connectivity index (χ2v) is 2.44. The smallest absolute Gasteiger partial charge is 0.0941 e. The first-order valence-electron chi connectivity index (χ1n) is 3.50. The van der Waals surface area contributed by atoms with E-state index in [1.165, 1.54) is 0 Å². The summed E-state index contributed by atoms with van der Waals surface area (Å²) in [6.07, 6.45) is 4.76. The quantitative estimate of drug-likeness (QED) is 0.460. The van der Waals surface area contributed by atoms with Crippen molar-refractivity contribution in [3.05, 3.63) is 0 Å². The van der Waals surface area contributed by atoms with E-state index in [-0.39, 0.29) is 0 Å². The van der Waals surface area contributed by atoms with Crippen molar-refractivity contribution in [2.75, 3.05) is 13.1 Å². The highest BCUT2D eigenvalue weighted by Gasteiger charge is 2.17. The molecule has 3 nitrogen and oxygen atoms in total. The lowest BCUT2D eigenvalue weighted by Gasteiger charge is -2.18. The zero-order chi connectivity index (χ0) is 6.81. The van der Waals surface area contributed by atoms with Crippen LogP contribution in [0.2, 0.25) is 0 Å². The van der Waals surface area contributed by atoms with Gasteiger partial charge >= 0.3 is 0 Å². The van der Waals surface area contributed by atoms with E-state index in [0.717, 1.165) is 25.2 Å². The fraction of sp³-hybridized carbons (Fsp3) is 0.571. The van der Waals surface area contributed by atoms with Gasteiger partial charge in [0.05, 0.1) is 24.8 Å². The van der Waals surface area contributed by atoms with Gasteiger partial charge in [0, 0.05) is 18.9 Å². The minimum absolute atomic E-state index is 0.325. The molecule has 0 spiro atoms. The summed E-state index contributed by atoms with van der Waals surface area (Å²) in [5, 5.41) is 0. The molecule has 0 aromatic carbocycles. The Labute approximate surface area is 59.6 Å². The van der Waals surface area contributed by atoms with Crippen LogP contribution in [0, 0.1) is 0 Å². The van der Waals surface area contributed by atoms with Gasteiger partial charge in [-0.3, -0.25) is 15.0 Å². The van der Waals surface area contributed by atoms with Crippen LogP contribution in [-0.4, -0.2) is 37.3 Å². The lowest BCUT2D eigenvalue weighted by molar-refractivity contribution is 0.855. The fourth-order valence-electron chi connectivity index (χ4n) is 1.21. The second-order valence-electron chi connectivity index (χ2n) is 2.44. The number of nitrogens with zero attached hydrogens (tertiary/aromatic N) is 3. The molecule has 2 aliphatic rings. The van der Waals surface area contributed by atoms with E-state index in [0.29, 0.717) is 6.04 Å². The van der Waals surface area contributed by atoms with Crippen LogP contribution in [0.15, 0.2) is 15.0 Å². The molecule has 52 valence electrons. The maximum atomic E-state index is 4.31. The van der Waals surface area contributed by atoms with Crippen molar-refractivity contribution in [3.63, 3.8) is 0 Å². The number of hydrogen-bond acceptors (Lipinski definition) is 3. The molecule has 1 unspecified atom stereocenters. The fourth-order valence-corrected chi connectivity index (χ4v) is 1.21. The molecule has 2 rings (SSSR count). The summed E-state index contributed by atoms with van der Waals surface area (Å²) < 4.78 is 0. The van der Waals surface area contributed by atoms with E-state index in [1.54, 1.807) is 0 Å². The van der Waals surface area contributed by atoms with E-state index in [1.807, 2.05) is 12.4 Å². The van der Waals surface area contributed by atoms with Crippen LogP contribution in [0.25, 0.3) is 0 Å². The molecule has 0 N–H and O–H groups in total. The van der Waals surface area contributed by atoms with E-state index >= 15 is 0 Å². The Hall–Kier alpha value is -0.990. The van der Waals surface area contributed by atoms with E-state index in [9.17, 15) is 0 Å². The topological polar surface area (TPSA) is 37.1 Å². The van der Waals surface area contributed by atoms with Gasteiger partial charge in [-0.1, -0.05) is 0 Å². The third-order valence-electron chi connectivity index (χ3n) is 1.76. The first-order valence-corrected chi connectivity index (χ1v) is 3.50. The Morgan fingerprint density at radius 3 is 3.30 bits per heavy atom. The highest BCUT2D eigenvalue weighted by Crippen LogP contribution is 2.07. The maximum absolute atomic E-state index is 4.31. The Morgan fingerprint density at radius 2 is 2.40 bits per heavy atom. The van der Waals surface area contributed by atoms with Gasteiger partial charge in [0.2, 0.25) is 0 Å². The van der Waals surface area contributed by atoms with Gasteiger partial charge in [-0.15, -0.1) is 0 Å². The van der Waals surface area contributed by atoms with Gasteiger partial charge in [-0.2, -0.15) is 0 Å². The normalized spacial score (nSPS) is 29.6. The molecule has 2 heterocycles. The van der Waals surface area contributed by atoms with Crippen molar-refractivity contribution in [2.45, 2.75) is 12.5 Å². The molecule has 0 aromatic rings. The third kappa shape index (κ3) is 0.875. The first-order chi connectivity index (χ1) is 4.97. The van der Waals surface area contributed by atoms with Crippen molar-refractivity contribution in [3.8, 4) is 0 Å². The minimum Gasteiger partial charge on any atom is -0.291 e. The van der Waals surface area contributed by atoms with Crippen molar-refractivity contribution in [1.82, 2.24) is 0 Å². The molecule has 2 aliphatic heterocycles. The van der Waals surface area contributed by atoms with Gasteiger partial charge in [0.15, 0.2) is 0 Å². The summed E-state index contributed by atoms with van der Waals surface area (Å²) in [5.74, 6) is 0. The van der Waals surface area contributed by atoms with Crippen molar-refractivity contribution in [1.29, 1.82) is 0 Å². The van der Waals surface area contributed by atoms with Crippen LogP contribution in [0.5, 0.6) is 0 Å². The molecular weight excluding hydrogens is 126 g/mol. The average molecular weight is 135 g/mol. The number of rotatable bonds is 0. The van der Waals surface area contributed by atoms with Gasteiger partial charge in [-0.05, 0) is 0 Å². The molecular formula is C7H9N3. The number of fused-ring (bicyclic) bond motifs is 1. The highest BCUT2D eigenvalue weighted by molar-refractivity contribution is 5.99. The van der Waals surface area contributed by atoms with Crippen LogP contribution in [0.3, 0.4) is 0 Å². The Morgan fingerprint density at radius 1 is 1.40 bits per heavy atom. The lowest BCUT2D eigenvalue weighted by Crippen LogP contribution is -2.28. The molecule has 0 fully saturated rings. The van der Waals surface area contributed by atoms with E-state index in [2.05, 4.69) is 15.0 Å². The maximum Gasteiger partial charge on any atom is 0.0941 e. The van der Waals surface area contributed by atoms with Crippen molar-refractivity contribution < 1.29 is 0 Å². The van der Waals surface area contributed by atoms with Crippen LogP contribution < -0.4 is 0 Å². The molecule has 0 saturated heterocycles. The number of aliphatic imine (C=N–C) groups is 3. The summed E-state index contributed by atoms with van der Waals surface area (Å²) in [4.78, 5) is 12.7. The summed E-state index contributed by atoms with van der Waals surface area (Å²) in [6.45, 7) is 1.52. The lowest BCUT2D eigenvalue weighted by atomic mass is 10.1. The van der Waals surface area contributed by atoms with E-state index in [4.69, 9.17) is 0 Å². The summed E-state index contributed by atoms with van der Waals surface area (Å²) in [5.41, 5.74) is 1.16. The van der Waals surface area contributed by atoms with Gasteiger partial charge < -0.3 is 0 Å². The molecule has 10 heavy (non-hydrogen) atoms. The molecule has 0 aromatic heterocycles. The molecule has 3 heteroatoms. The molecule has 0 amide bonds.